The monoisotopic (exact) mass is 346 g/mol. The van der Waals surface area contributed by atoms with Crippen LogP contribution in [0.25, 0.3) is 0 Å². The number of benzene rings is 1. The molecule has 2 nitrogen and oxygen atoms in total. The van der Waals surface area contributed by atoms with Crippen molar-refractivity contribution in [2.45, 2.75) is 32.7 Å². The molecule has 112 valence electrons. The summed E-state index contributed by atoms with van der Waals surface area (Å²) in [5, 5.41) is 3.48. The van der Waals surface area contributed by atoms with Crippen molar-refractivity contribution in [1.29, 1.82) is 0 Å². The van der Waals surface area contributed by atoms with Crippen molar-refractivity contribution in [2.75, 3.05) is 24.5 Å². The molecule has 1 aromatic carbocycles. The first-order valence-corrected chi connectivity index (χ1v) is 7.70. The maximum absolute atomic E-state index is 13.9. The van der Waals surface area contributed by atoms with Crippen molar-refractivity contribution >= 4 is 21.6 Å². The minimum absolute atomic E-state index is 0.0948. The zero-order valence-corrected chi connectivity index (χ0v) is 13.7. The van der Waals surface area contributed by atoms with Gasteiger partial charge in [0, 0.05) is 31.2 Å². The standard InChI is InChI=1S/C15H21BrF2N2/c1-15(2,3)19-8-10-4-5-20(9-10)14-6-11(16)12(17)7-13(14)18/h6-7,10,19H,4-5,8-9H2,1-3H3. The number of nitrogens with one attached hydrogen (secondary N) is 1. The normalized spacial score (nSPS) is 19.7. The van der Waals surface area contributed by atoms with Crippen molar-refractivity contribution in [3.8, 4) is 0 Å². The maximum Gasteiger partial charge on any atom is 0.149 e. The van der Waals surface area contributed by atoms with Crippen LogP contribution in [-0.2, 0) is 0 Å². The summed E-state index contributed by atoms with van der Waals surface area (Å²) >= 11 is 3.12. The summed E-state index contributed by atoms with van der Waals surface area (Å²) < 4.78 is 27.4. The molecule has 0 amide bonds. The highest BCUT2D eigenvalue weighted by Gasteiger charge is 2.26. The Kier molecular flexibility index (Phi) is 4.69. The molecule has 0 aromatic heterocycles. The number of rotatable bonds is 3. The van der Waals surface area contributed by atoms with Gasteiger partial charge in [-0.3, -0.25) is 0 Å². The second-order valence-corrected chi connectivity index (χ2v) is 7.30. The molecule has 1 saturated heterocycles. The Morgan fingerprint density at radius 1 is 1.30 bits per heavy atom. The second kappa shape index (κ2) is 5.98. The average Bonchev–Trinajstić information content (AvgIpc) is 2.79. The van der Waals surface area contributed by atoms with E-state index in [9.17, 15) is 8.78 Å². The summed E-state index contributed by atoms with van der Waals surface area (Å²) in [5.74, 6) is -0.552. The van der Waals surface area contributed by atoms with Crippen molar-refractivity contribution in [3.63, 3.8) is 0 Å². The lowest BCUT2D eigenvalue weighted by atomic mass is 10.1. The zero-order chi connectivity index (χ0) is 14.9. The van der Waals surface area contributed by atoms with Gasteiger partial charge in [-0.1, -0.05) is 0 Å². The Morgan fingerprint density at radius 3 is 2.65 bits per heavy atom. The highest BCUT2D eigenvalue weighted by atomic mass is 79.9. The lowest BCUT2D eigenvalue weighted by molar-refractivity contribution is 0.383. The predicted molar refractivity (Wildman–Crippen MR) is 82.1 cm³/mol. The minimum atomic E-state index is -0.559. The fraction of sp³-hybridized carbons (Fsp3) is 0.600. The van der Waals surface area contributed by atoms with Crippen LogP contribution in [0.4, 0.5) is 14.5 Å². The highest BCUT2D eigenvalue weighted by molar-refractivity contribution is 9.10. The van der Waals surface area contributed by atoms with Crippen LogP contribution in [0.1, 0.15) is 27.2 Å². The molecule has 5 heteroatoms. The van der Waals surface area contributed by atoms with E-state index in [4.69, 9.17) is 0 Å². The summed E-state index contributed by atoms with van der Waals surface area (Å²) in [4.78, 5) is 1.99. The molecule has 1 N–H and O–H groups in total. The lowest BCUT2D eigenvalue weighted by Crippen LogP contribution is -2.39. The van der Waals surface area contributed by atoms with E-state index >= 15 is 0 Å². The molecule has 0 saturated carbocycles. The first-order chi connectivity index (χ1) is 9.26. The third-order valence-corrected chi connectivity index (χ3v) is 4.15. The Bertz CT molecular complexity index is 485. The van der Waals surface area contributed by atoms with Crippen LogP contribution in [0.2, 0.25) is 0 Å². The number of hydrogen-bond donors (Lipinski definition) is 1. The minimum Gasteiger partial charge on any atom is -0.369 e. The molecule has 1 unspecified atom stereocenters. The summed E-state index contributed by atoms with van der Waals surface area (Å²) in [6.45, 7) is 8.94. The molecule has 0 spiro atoms. The van der Waals surface area contributed by atoms with E-state index in [-0.39, 0.29) is 5.54 Å². The van der Waals surface area contributed by atoms with Gasteiger partial charge >= 0.3 is 0 Å². The van der Waals surface area contributed by atoms with E-state index < -0.39 is 11.6 Å². The quantitative estimate of drug-likeness (QED) is 0.834. The van der Waals surface area contributed by atoms with Crippen molar-refractivity contribution in [1.82, 2.24) is 5.32 Å². The van der Waals surface area contributed by atoms with Crippen molar-refractivity contribution in [2.24, 2.45) is 5.92 Å². The van der Waals surface area contributed by atoms with Gasteiger partial charge in [0.05, 0.1) is 10.2 Å². The molecule has 2 rings (SSSR count). The van der Waals surface area contributed by atoms with Crippen LogP contribution >= 0.6 is 15.9 Å². The maximum atomic E-state index is 13.9. The van der Waals surface area contributed by atoms with E-state index in [1.165, 1.54) is 6.07 Å². The lowest BCUT2D eigenvalue weighted by Gasteiger charge is -2.24. The third kappa shape index (κ3) is 3.92. The van der Waals surface area contributed by atoms with Gasteiger partial charge in [0.15, 0.2) is 0 Å². The molecule has 1 fully saturated rings. The van der Waals surface area contributed by atoms with Gasteiger partial charge < -0.3 is 10.2 Å². The zero-order valence-electron chi connectivity index (χ0n) is 12.1. The molecule has 1 atom stereocenters. The Balaban J connectivity index is 2.01. The van der Waals surface area contributed by atoms with E-state index in [0.29, 0.717) is 16.1 Å². The Labute approximate surface area is 127 Å². The predicted octanol–water partition coefficient (Wildman–Crippen LogP) is 3.94. The van der Waals surface area contributed by atoms with E-state index in [1.807, 2.05) is 4.90 Å². The average molecular weight is 347 g/mol. The number of hydrogen-bond acceptors (Lipinski definition) is 2. The van der Waals surface area contributed by atoms with Crippen LogP contribution in [-0.4, -0.2) is 25.2 Å². The van der Waals surface area contributed by atoms with Gasteiger partial charge in [-0.15, -0.1) is 0 Å². The Hall–Kier alpha value is -0.680. The third-order valence-electron chi connectivity index (χ3n) is 3.54. The summed E-state index contributed by atoms with van der Waals surface area (Å²) in [5.41, 5.74) is 0.578. The number of nitrogens with zero attached hydrogens (tertiary/aromatic N) is 1. The molecular weight excluding hydrogens is 326 g/mol. The van der Waals surface area contributed by atoms with Gasteiger partial charge in [-0.05, 0) is 55.1 Å². The van der Waals surface area contributed by atoms with Crippen molar-refractivity contribution in [3.05, 3.63) is 28.2 Å². The molecule has 0 radical (unpaired) electrons. The summed E-state index contributed by atoms with van der Waals surface area (Å²) in [6, 6.07) is 2.48. The van der Waals surface area contributed by atoms with Gasteiger partial charge in [0.1, 0.15) is 11.6 Å². The van der Waals surface area contributed by atoms with Crippen LogP contribution in [0, 0.1) is 17.6 Å². The van der Waals surface area contributed by atoms with Gasteiger partial charge in [-0.2, -0.15) is 0 Å². The van der Waals surface area contributed by atoms with Crippen LogP contribution < -0.4 is 10.2 Å². The largest absolute Gasteiger partial charge is 0.369 e. The molecule has 1 aliphatic heterocycles. The molecule has 1 aromatic rings. The molecule has 0 aliphatic carbocycles. The molecule has 0 bridgehead atoms. The topological polar surface area (TPSA) is 15.3 Å². The van der Waals surface area contributed by atoms with Crippen LogP contribution in [0.3, 0.4) is 0 Å². The van der Waals surface area contributed by atoms with E-state index in [1.54, 1.807) is 0 Å². The SMILES string of the molecule is CC(C)(C)NCC1CCN(c2cc(Br)c(F)cc2F)C1. The smallest absolute Gasteiger partial charge is 0.149 e. The van der Waals surface area contributed by atoms with E-state index in [0.717, 1.165) is 32.1 Å². The summed E-state index contributed by atoms with van der Waals surface area (Å²) in [6.07, 6.45) is 1.03. The van der Waals surface area contributed by atoms with E-state index in [2.05, 4.69) is 42.0 Å². The first kappa shape index (κ1) is 15.7. The van der Waals surface area contributed by atoms with Gasteiger partial charge in [0.25, 0.3) is 0 Å². The van der Waals surface area contributed by atoms with Crippen molar-refractivity contribution < 1.29 is 8.78 Å². The fourth-order valence-electron chi connectivity index (χ4n) is 2.42. The fourth-order valence-corrected chi connectivity index (χ4v) is 2.75. The highest BCUT2D eigenvalue weighted by Crippen LogP contribution is 2.30. The van der Waals surface area contributed by atoms with Crippen LogP contribution in [0.15, 0.2) is 16.6 Å². The number of anilines is 1. The number of halogens is 3. The molecular formula is C15H21BrF2N2. The molecule has 20 heavy (non-hydrogen) atoms. The van der Waals surface area contributed by atoms with Gasteiger partial charge in [-0.25, -0.2) is 8.78 Å². The molecule has 1 aliphatic rings. The van der Waals surface area contributed by atoms with Gasteiger partial charge in [0.2, 0.25) is 0 Å². The summed E-state index contributed by atoms with van der Waals surface area (Å²) in [7, 11) is 0. The second-order valence-electron chi connectivity index (χ2n) is 6.45. The molecule has 1 heterocycles. The van der Waals surface area contributed by atoms with Crippen LogP contribution in [0.5, 0.6) is 0 Å². The first-order valence-electron chi connectivity index (χ1n) is 6.91. The Morgan fingerprint density at radius 2 is 2.00 bits per heavy atom.